The van der Waals surface area contributed by atoms with Crippen LogP contribution in [0, 0.1) is 5.82 Å². The number of nitrogens with two attached hydrogens (primary N) is 1. The van der Waals surface area contributed by atoms with Crippen LogP contribution in [0.1, 0.15) is 18.5 Å². The monoisotopic (exact) mass is 228 g/mol. The number of hydrogen-bond donors (Lipinski definition) is 1. The molecule has 0 aromatic heterocycles. The van der Waals surface area contributed by atoms with Gasteiger partial charge in [-0.15, -0.1) is 0 Å². The molecule has 0 aliphatic carbocycles. The first-order chi connectivity index (χ1) is 7.08. The summed E-state index contributed by atoms with van der Waals surface area (Å²) >= 11 is 5.99. The molecule has 0 radical (unpaired) electrons. The Labute approximate surface area is 93.8 Å². The van der Waals surface area contributed by atoms with Crippen molar-refractivity contribution in [3.05, 3.63) is 34.6 Å². The maximum atomic E-state index is 12.9. The van der Waals surface area contributed by atoms with E-state index >= 15 is 0 Å². The Hall–Kier alpha value is -0.640. The van der Waals surface area contributed by atoms with E-state index in [1.165, 1.54) is 12.1 Å². The molecule has 1 aromatic carbocycles. The van der Waals surface area contributed by atoms with Crippen LogP contribution in [-0.2, 0) is 0 Å². The molecule has 82 valence electrons. The van der Waals surface area contributed by atoms with Gasteiger partial charge in [0.25, 0.3) is 0 Å². The quantitative estimate of drug-likeness (QED) is 0.841. The van der Waals surface area contributed by atoms with E-state index < -0.39 is 0 Å². The summed E-state index contributed by atoms with van der Waals surface area (Å²) < 4.78 is 12.9. The highest BCUT2D eigenvalue weighted by Crippen LogP contribution is 2.30. The highest BCUT2D eigenvalue weighted by Gasteiger charge is 2.28. The van der Waals surface area contributed by atoms with Crippen LogP contribution >= 0.6 is 11.6 Å². The molecule has 2 N–H and O–H groups in total. The van der Waals surface area contributed by atoms with Crippen molar-refractivity contribution in [3.63, 3.8) is 0 Å². The third-order valence-electron chi connectivity index (χ3n) is 2.90. The van der Waals surface area contributed by atoms with Gasteiger partial charge < -0.3 is 5.73 Å². The van der Waals surface area contributed by atoms with Crippen molar-refractivity contribution in [3.8, 4) is 0 Å². The molecular formula is C11H14ClFN2. The van der Waals surface area contributed by atoms with E-state index in [0.717, 1.165) is 18.7 Å². The number of nitrogens with zero attached hydrogens (tertiary/aromatic N) is 1. The molecule has 0 amide bonds. The lowest BCUT2D eigenvalue weighted by Crippen LogP contribution is -2.56. The number of benzene rings is 1. The molecule has 0 spiro atoms. The lowest BCUT2D eigenvalue weighted by molar-refractivity contribution is 0.103. The zero-order valence-electron chi connectivity index (χ0n) is 8.58. The molecule has 1 aliphatic heterocycles. The second kappa shape index (κ2) is 4.08. The van der Waals surface area contributed by atoms with Crippen molar-refractivity contribution in [2.75, 3.05) is 13.1 Å². The summed E-state index contributed by atoms with van der Waals surface area (Å²) in [5, 5.41) is 0.489. The van der Waals surface area contributed by atoms with Gasteiger partial charge in [0.2, 0.25) is 0 Å². The Bertz CT molecular complexity index is 364. The first-order valence-corrected chi connectivity index (χ1v) is 5.40. The molecule has 2 rings (SSSR count). The van der Waals surface area contributed by atoms with Gasteiger partial charge in [-0.25, -0.2) is 4.39 Å². The van der Waals surface area contributed by atoms with Crippen LogP contribution in [0.25, 0.3) is 0 Å². The number of halogens is 2. The molecular weight excluding hydrogens is 215 g/mol. The highest BCUT2D eigenvalue weighted by molar-refractivity contribution is 6.31. The molecule has 4 heteroatoms. The van der Waals surface area contributed by atoms with Crippen molar-refractivity contribution >= 4 is 11.6 Å². The second-order valence-electron chi connectivity index (χ2n) is 4.06. The highest BCUT2D eigenvalue weighted by atomic mass is 35.5. The molecule has 0 saturated carbocycles. The molecule has 1 saturated heterocycles. The first-order valence-electron chi connectivity index (χ1n) is 5.02. The maximum Gasteiger partial charge on any atom is 0.124 e. The minimum Gasteiger partial charge on any atom is -0.325 e. The summed E-state index contributed by atoms with van der Waals surface area (Å²) in [4.78, 5) is 2.23. The minimum absolute atomic E-state index is 0.206. The van der Waals surface area contributed by atoms with E-state index in [1.807, 2.05) is 0 Å². The molecule has 1 aliphatic rings. The number of rotatable bonds is 2. The van der Waals surface area contributed by atoms with Crippen LogP contribution in [-0.4, -0.2) is 24.0 Å². The fourth-order valence-corrected chi connectivity index (χ4v) is 2.23. The molecule has 15 heavy (non-hydrogen) atoms. The van der Waals surface area contributed by atoms with E-state index in [9.17, 15) is 4.39 Å². The van der Waals surface area contributed by atoms with Gasteiger partial charge in [0, 0.05) is 30.2 Å². The van der Waals surface area contributed by atoms with Crippen LogP contribution < -0.4 is 5.73 Å². The van der Waals surface area contributed by atoms with Crippen molar-refractivity contribution in [2.45, 2.75) is 19.0 Å². The van der Waals surface area contributed by atoms with Gasteiger partial charge in [-0.3, -0.25) is 4.90 Å². The van der Waals surface area contributed by atoms with Crippen molar-refractivity contribution in [1.29, 1.82) is 0 Å². The Morgan fingerprint density at radius 2 is 2.20 bits per heavy atom. The number of hydrogen-bond acceptors (Lipinski definition) is 2. The Balaban J connectivity index is 2.15. The first kappa shape index (κ1) is 10.9. The van der Waals surface area contributed by atoms with Gasteiger partial charge in [0.15, 0.2) is 0 Å². The van der Waals surface area contributed by atoms with Gasteiger partial charge >= 0.3 is 0 Å². The minimum atomic E-state index is -0.295. The van der Waals surface area contributed by atoms with Gasteiger partial charge in [0.05, 0.1) is 0 Å². The van der Waals surface area contributed by atoms with Crippen molar-refractivity contribution in [2.24, 2.45) is 5.73 Å². The fourth-order valence-electron chi connectivity index (χ4n) is 1.90. The summed E-state index contributed by atoms with van der Waals surface area (Å²) in [5.74, 6) is -0.295. The molecule has 1 heterocycles. The van der Waals surface area contributed by atoms with E-state index in [0.29, 0.717) is 5.02 Å². The Morgan fingerprint density at radius 3 is 2.73 bits per heavy atom. The molecule has 1 unspecified atom stereocenters. The van der Waals surface area contributed by atoms with Crippen LogP contribution in [0.4, 0.5) is 4.39 Å². The SMILES string of the molecule is CC(c1ccc(F)cc1Cl)N1CC(N)C1. The number of likely N-dealkylation sites (tertiary alicyclic amines) is 1. The lowest BCUT2D eigenvalue weighted by atomic mass is 10.0. The summed E-state index contributed by atoms with van der Waals surface area (Å²) in [6, 6.07) is 5.01. The second-order valence-corrected chi connectivity index (χ2v) is 4.46. The fraction of sp³-hybridized carbons (Fsp3) is 0.455. The van der Waals surface area contributed by atoms with Crippen LogP contribution in [0.2, 0.25) is 5.02 Å². The third-order valence-corrected chi connectivity index (χ3v) is 3.23. The largest absolute Gasteiger partial charge is 0.325 e. The van der Waals surface area contributed by atoms with Gasteiger partial charge in [0.1, 0.15) is 5.82 Å². The zero-order valence-corrected chi connectivity index (χ0v) is 9.34. The Kier molecular flexibility index (Phi) is 2.96. The molecule has 1 fully saturated rings. The van der Waals surface area contributed by atoms with Crippen LogP contribution in [0.15, 0.2) is 18.2 Å². The normalized spacial score (nSPS) is 20.0. The lowest BCUT2D eigenvalue weighted by Gasteiger charge is -2.41. The van der Waals surface area contributed by atoms with Crippen LogP contribution in [0.5, 0.6) is 0 Å². The summed E-state index contributed by atoms with van der Waals surface area (Å²) in [6.45, 7) is 3.83. The van der Waals surface area contributed by atoms with Gasteiger partial charge in [-0.2, -0.15) is 0 Å². The summed E-state index contributed by atoms with van der Waals surface area (Å²) in [7, 11) is 0. The smallest absolute Gasteiger partial charge is 0.124 e. The molecule has 0 bridgehead atoms. The van der Waals surface area contributed by atoms with Crippen molar-refractivity contribution < 1.29 is 4.39 Å². The van der Waals surface area contributed by atoms with Gasteiger partial charge in [-0.05, 0) is 24.6 Å². The average Bonchev–Trinajstić information content (AvgIpc) is 2.12. The van der Waals surface area contributed by atoms with Gasteiger partial charge in [-0.1, -0.05) is 17.7 Å². The molecule has 1 aromatic rings. The van der Waals surface area contributed by atoms with E-state index in [4.69, 9.17) is 17.3 Å². The Morgan fingerprint density at radius 1 is 1.53 bits per heavy atom. The van der Waals surface area contributed by atoms with Crippen LogP contribution in [0.3, 0.4) is 0 Å². The average molecular weight is 229 g/mol. The summed E-state index contributed by atoms with van der Waals surface area (Å²) in [5.41, 5.74) is 6.68. The predicted octanol–water partition coefficient (Wildman–Crippen LogP) is 2.18. The van der Waals surface area contributed by atoms with E-state index in [2.05, 4.69) is 11.8 Å². The third kappa shape index (κ3) is 2.14. The zero-order chi connectivity index (χ0) is 11.0. The standard InChI is InChI=1S/C11H14ClFN2/c1-7(15-5-9(14)6-15)10-3-2-8(13)4-11(10)12/h2-4,7,9H,5-6,14H2,1H3. The molecule has 2 nitrogen and oxygen atoms in total. The maximum absolute atomic E-state index is 12.9. The van der Waals surface area contributed by atoms with E-state index in [-0.39, 0.29) is 17.9 Å². The van der Waals surface area contributed by atoms with E-state index in [1.54, 1.807) is 6.07 Å². The molecule has 1 atom stereocenters. The topological polar surface area (TPSA) is 29.3 Å². The predicted molar refractivity (Wildman–Crippen MR) is 59.4 cm³/mol. The van der Waals surface area contributed by atoms with Crippen molar-refractivity contribution in [1.82, 2.24) is 4.90 Å². The summed E-state index contributed by atoms with van der Waals surface area (Å²) in [6.07, 6.45) is 0.